The minimum atomic E-state index is -1.05. The summed E-state index contributed by atoms with van der Waals surface area (Å²) in [5.74, 6) is 0.790. The fourth-order valence-corrected chi connectivity index (χ4v) is 2.66. The number of aryl methyl sites for hydroxylation is 1. The van der Waals surface area contributed by atoms with Gasteiger partial charge in [0.1, 0.15) is 10.7 Å². The highest BCUT2D eigenvalue weighted by Gasteiger charge is 2.14. The summed E-state index contributed by atoms with van der Waals surface area (Å²) in [6.07, 6.45) is 1.55. The SMILES string of the molecule is CCOc1ccc(/C=C(\Sc2n[nH]c(C)n2)C(=O)O)cc1OCC. The van der Waals surface area contributed by atoms with Gasteiger partial charge in [-0.25, -0.2) is 9.78 Å². The number of carbonyl (C=O) groups is 1. The average molecular weight is 349 g/mol. The molecule has 0 aliphatic rings. The zero-order valence-corrected chi connectivity index (χ0v) is 14.5. The van der Waals surface area contributed by atoms with Gasteiger partial charge in [0, 0.05) is 0 Å². The highest BCUT2D eigenvalue weighted by atomic mass is 32.2. The Morgan fingerprint density at radius 1 is 1.29 bits per heavy atom. The maximum atomic E-state index is 11.5. The van der Waals surface area contributed by atoms with Crippen LogP contribution < -0.4 is 9.47 Å². The summed E-state index contributed by atoms with van der Waals surface area (Å²) in [5, 5.41) is 16.4. The van der Waals surface area contributed by atoms with Crippen molar-refractivity contribution >= 4 is 23.8 Å². The highest BCUT2D eigenvalue weighted by molar-refractivity contribution is 8.04. The van der Waals surface area contributed by atoms with Gasteiger partial charge in [-0.2, -0.15) is 0 Å². The first kappa shape index (κ1) is 17.9. The number of H-pyrrole nitrogens is 1. The number of nitrogens with zero attached hydrogens (tertiary/aromatic N) is 2. The Hall–Kier alpha value is -2.48. The standard InChI is InChI=1S/C16H19N3O4S/c1-4-22-12-7-6-11(8-13(12)23-5-2)9-14(15(20)21)24-16-17-10(3)18-19-16/h6-9H,4-5H2,1-3H3,(H,20,21)(H,17,18,19)/b14-9-. The highest BCUT2D eigenvalue weighted by Crippen LogP contribution is 2.31. The van der Waals surface area contributed by atoms with Gasteiger partial charge in [-0.1, -0.05) is 6.07 Å². The van der Waals surface area contributed by atoms with E-state index >= 15 is 0 Å². The van der Waals surface area contributed by atoms with Crippen LogP contribution >= 0.6 is 11.8 Å². The normalized spacial score (nSPS) is 11.4. The Bertz CT molecular complexity index is 743. The number of rotatable bonds is 8. The number of thioether (sulfide) groups is 1. The molecule has 0 spiro atoms. The van der Waals surface area contributed by atoms with Crippen LogP contribution in [0.4, 0.5) is 0 Å². The molecule has 1 heterocycles. The summed E-state index contributed by atoms with van der Waals surface area (Å²) in [4.78, 5) is 15.7. The average Bonchev–Trinajstić information content (AvgIpc) is 2.94. The van der Waals surface area contributed by atoms with E-state index in [2.05, 4.69) is 15.2 Å². The molecule has 1 aromatic carbocycles. The van der Waals surface area contributed by atoms with Gasteiger partial charge in [0.2, 0.25) is 5.16 Å². The van der Waals surface area contributed by atoms with E-state index in [0.29, 0.717) is 41.3 Å². The van der Waals surface area contributed by atoms with Gasteiger partial charge in [0.05, 0.1) is 13.2 Å². The summed E-state index contributed by atoms with van der Waals surface area (Å²) < 4.78 is 11.1. The van der Waals surface area contributed by atoms with Crippen molar-refractivity contribution in [1.82, 2.24) is 15.2 Å². The lowest BCUT2D eigenvalue weighted by Gasteiger charge is -2.11. The number of nitrogens with one attached hydrogen (secondary N) is 1. The zero-order chi connectivity index (χ0) is 17.5. The van der Waals surface area contributed by atoms with Crippen LogP contribution in [-0.2, 0) is 4.79 Å². The van der Waals surface area contributed by atoms with Crippen molar-refractivity contribution in [2.24, 2.45) is 0 Å². The van der Waals surface area contributed by atoms with E-state index < -0.39 is 5.97 Å². The Labute approximate surface area is 144 Å². The van der Waals surface area contributed by atoms with Crippen LogP contribution in [-0.4, -0.2) is 39.5 Å². The lowest BCUT2D eigenvalue weighted by molar-refractivity contribution is -0.131. The Kier molecular flexibility index (Phi) is 6.25. The first-order valence-electron chi connectivity index (χ1n) is 7.45. The van der Waals surface area contributed by atoms with Crippen molar-refractivity contribution in [3.63, 3.8) is 0 Å². The topological polar surface area (TPSA) is 97.3 Å². The number of benzene rings is 1. The van der Waals surface area contributed by atoms with Crippen molar-refractivity contribution in [2.45, 2.75) is 25.9 Å². The van der Waals surface area contributed by atoms with Crippen molar-refractivity contribution in [3.05, 3.63) is 34.5 Å². The molecule has 0 aliphatic heterocycles. The number of carboxylic acids is 1. The number of hydrogen-bond acceptors (Lipinski definition) is 6. The maximum Gasteiger partial charge on any atom is 0.342 e. The van der Waals surface area contributed by atoms with Crippen LogP contribution in [0.25, 0.3) is 6.08 Å². The first-order valence-corrected chi connectivity index (χ1v) is 8.26. The molecule has 0 fully saturated rings. The fourth-order valence-electron chi connectivity index (χ4n) is 1.91. The van der Waals surface area contributed by atoms with Gasteiger partial charge in [0.15, 0.2) is 11.5 Å². The molecule has 0 saturated heterocycles. The molecule has 0 saturated carbocycles. The molecule has 0 atom stereocenters. The summed E-state index contributed by atoms with van der Waals surface area (Å²) >= 11 is 0.982. The predicted octanol–water partition coefficient (Wildman–Crippen LogP) is 3.13. The van der Waals surface area contributed by atoms with Crippen LogP contribution in [0, 0.1) is 6.92 Å². The van der Waals surface area contributed by atoms with Crippen molar-refractivity contribution in [3.8, 4) is 11.5 Å². The van der Waals surface area contributed by atoms with Crippen LogP contribution in [0.2, 0.25) is 0 Å². The number of aromatic nitrogens is 3. The van der Waals surface area contributed by atoms with E-state index in [0.717, 1.165) is 11.8 Å². The molecular formula is C16H19N3O4S. The van der Waals surface area contributed by atoms with E-state index in [1.165, 1.54) is 0 Å². The monoisotopic (exact) mass is 349 g/mol. The lowest BCUT2D eigenvalue weighted by atomic mass is 10.2. The second-order valence-corrected chi connectivity index (χ2v) is 5.70. The molecule has 7 nitrogen and oxygen atoms in total. The van der Waals surface area contributed by atoms with E-state index in [1.807, 2.05) is 13.8 Å². The van der Waals surface area contributed by atoms with E-state index in [1.54, 1.807) is 31.2 Å². The molecule has 128 valence electrons. The number of aromatic amines is 1. The van der Waals surface area contributed by atoms with Gasteiger partial charge >= 0.3 is 5.97 Å². The van der Waals surface area contributed by atoms with Crippen LogP contribution in [0.5, 0.6) is 11.5 Å². The number of hydrogen-bond donors (Lipinski definition) is 2. The predicted molar refractivity (Wildman–Crippen MR) is 91.4 cm³/mol. The second kappa shape index (κ2) is 8.39. The minimum absolute atomic E-state index is 0.112. The molecule has 8 heteroatoms. The van der Waals surface area contributed by atoms with Crippen molar-refractivity contribution in [1.29, 1.82) is 0 Å². The summed E-state index contributed by atoms with van der Waals surface area (Å²) in [7, 11) is 0. The molecule has 1 aromatic heterocycles. The van der Waals surface area contributed by atoms with Crippen molar-refractivity contribution in [2.75, 3.05) is 13.2 Å². The zero-order valence-electron chi connectivity index (χ0n) is 13.7. The van der Waals surface area contributed by atoms with Crippen LogP contribution in [0.1, 0.15) is 25.2 Å². The van der Waals surface area contributed by atoms with Gasteiger partial charge in [0.25, 0.3) is 0 Å². The molecule has 0 bridgehead atoms. The minimum Gasteiger partial charge on any atom is -0.490 e. The smallest absolute Gasteiger partial charge is 0.342 e. The quantitative estimate of drug-likeness (QED) is 0.558. The molecule has 2 N–H and O–H groups in total. The molecule has 0 aliphatic carbocycles. The Balaban J connectivity index is 2.30. The summed E-state index contributed by atoms with van der Waals surface area (Å²) in [6, 6.07) is 5.29. The Morgan fingerprint density at radius 3 is 2.58 bits per heavy atom. The molecule has 0 radical (unpaired) electrons. The largest absolute Gasteiger partial charge is 0.490 e. The third-order valence-electron chi connectivity index (χ3n) is 2.85. The molecule has 0 unspecified atom stereocenters. The third kappa shape index (κ3) is 4.76. The van der Waals surface area contributed by atoms with Crippen LogP contribution in [0.3, 0.4) is 0 Å². The Morgan fingerprint density at radius 2 is 2.00 bits per heavy atom. The molecule has 0 amide bonds. The number of ether oxygens (including phenoxy) is 2. The third-order valence-corrected chi connectivity index (χ3v) is 3.73. The van der Waals surface area contributed by atoms with E-state index in [-0.39, 0.29) is 4.91 Å². The molecular weight excluding hydrogens is 330 g/mol. The van der Waals surface area contributed by atoms with Gasteiger partial charge in [-0.05, 0) is 56.3 Å². The van der Waals surface area contributed by atoms with Gasteiger partial charge < -0.3 is 14.6 Å². The summed E-state index contributed by atoms with van der Waals surface area (Å²) in [5.41, 5.74) is 0.694. The lowest BCUT2D eigenvalue weighted by Crippen LogP contribution is -2.00. The second-order valence-electron chi connectivity index (χ2n) is 4.69. The van der Waals surface area contributed by atoms with E-state index in [9.17, 15) is 9.90 Å². The number of aliphatic carboxylic acids is 1. The van der Waals surface area contributed by atoms with E-state index in [4.69, 9.17) is 9.47 Å². The maximum absolute atomic E-state index is 11.5. The van der Waals surface area contributed by atoms with Gasteiger partial charge in [-0.3, -0.25) is 5.10 Å². The summed E-state index contributed by atoms with van der Waals surface area (Å²) in [6.45, 7) is 6.53. The van der Waals surface area contributed by atoms with Gasteiger partial charge in [-0.15, -0.1) is 5.10 Å². The first-order chi connectivity index (χ1) is 11.5. The molecule has 2 rings (SSSR count). The fraction of sp³-hybridized carbons (Fsp3) is 0.312. The number of carboxylic acid groups (broad SMARTS) is 1. The van der Waals surface area contributed by atoms with Crippen LogP contribution in [0.15, 0.2) is 28.3 Å². The molecule has 24 heavy (non-hydrogen) atoms. The molecule has 2 aromatic rings. The van der Waals surface area contributed by atoms with Crippen molar-refractivity contribution < 1.29 is 19.4 Å².